The summed E-state index contributed by atoms with van der Waals surface area (Å²) in [7, 11) is 1.57. The van der Waals surface area contributed by atoms with Crippen molar-refractivity contribution in [3.8, 4) is 17.1 Å². The number of benzene rings is 2. The van der Waals surface area contributed by atoms with Crippen molar-refractivity contribution in [1.82, 2.24) is 9.97 Å². The van der Waals surface area contributed by atoms with Crippen molar-refractivity contribution in [3.63, 3.8) is 0 Å². The Morgan fingerprint density at radius 1 is 1.16 bits per heavy atom. The van der Waals surface area contributed by atoms with E-state index in [0.29, 0.717) is 21.6 Å². The lowest BCUT2D eigenvalue weighted by Crippen LogP contribution is -1.90. The molecular weight excluding hydrogens is 283 g/mol. The van der Waals surface area contributed by atoms with E-state index < -0.39 is 0 Å². The molecule has 0 saturated heterocycles. The molecule has 3 rings (SSSR count). The molecule has 0 radical (unpaired) electrons. The first-order valence-corrected chi connectivity index (χ1v) is 6.43. The van der Waals surface area contributed by atoms with Gasteiger partial charge < -0.3 is 9.72 Å². The fraction of sp³-hybridized carbons (Fsp3) is 0.0714. The number of aromatic amines is 1. The lowest BCUT2D eigenvalue weighted by Gasteiger charge is -2.08. The van der Waals surface area contributed by atoms with Crippen LogP contribution in [0.25, 0.3) is 22.4 Å². The van der Waals surface area contributed by atoms with E-state index in [9.17, 15) is 0 Å². The molecule has 19 heavy (non-hydrogen) atoms. The number of para-hydroxylation sites is 2. The van der Waals surface area contributed by atoms with Crippen LogP contribution in [0.3, 0.4) is 0 Å². The maximum Gasteiger partial charge on any atom is 0.148 e. The molecule has 0 atom stereocenters. The van der Waals surface area contributed by atoms with Crippen LogP contribution in [0.15, 0.2) is 36.4 Å². The Kier molecular flexibility index (Phi) is 3.09. The van der Waals surface area contributed by atoms with Gasteiger partial charge in [0, 0.05) is 5.02 Å². The molecule has 0 saturated carbocycles. The summed E-state index contributed by atoms with van der Waals surface area (Å²) in [4.78, 5) is 7.75. The molecule has 1 aromatic heterocycles. The molecule has 96 valence electrons. The van der Waals surface area contributed by atoms with Crippen molar-refractivity contribution in [2.24, 2.45) is 0 Å². The Balaban J connectivity index is 2.25. The molecule has 0 amide bonds. The van der Waals surface area contributed by atoms with E-state index in [1.165, 1.54) is 0 Å². The second-order valence-electron chi connectivity index (χ2n) is 4.07. The molecule has 0 unspecified atom stereocenters. The topological polar surface area (TPSA) is 37.9 Å². The van der Waals surface area contributed by atoms with Crippen LogP contribution in [-0.4, -0.2) is 17.1 Å². The Labute approximate surface area is 120 Å². The normalized spacial score (nSPS) is 10.9. The Bertz CT molecular complexity index is 719. The zero-order chi connectivity index (χ0) is 13.4. The van der Waals surface area contributed by atoms with Gasteiger partial charge >= 0.3 is 0 Å². The smallest absolute Gasteiger partial charge is 0.148 e. The van der Waals surface area contributed by atoms with Crippen LogP contribution in [0.4, 0.5) is 0 Å². The van der Waals surface area contributed by atoms with Crippen molar-refractivity contribution in [1.29, 1.82) is 0 Å². The van der Waals surface area contributed by atoms with E-state index >= 15 is 0 Å². The molecule has 0 fully saturated rings. The summed E-state index contributed by atoms with van der Waals surface area (Å²) >= 11 is 12.2. The summed E-state index contributed by atoms with van der Waals surface area (Å²) < 4.78 is 5.33. The van der Waals surface area contributed by atoms with E-state index in [1.54, 1.807) is 19.2 Å². The minimum Gasteiger partial charge on any atom is -0.494 e. The van der Waals surface area contributed by atoms with E-state index in [0.717, 1.165) is 16.6 Å². The van der Waals surface area contributed by atoms with Crippen LogP contribution < -0.4 is 4.74 Å². The fourth-order valence-corrected chi connectivity index (χ4v) is 2.59. The molecule has 3 nitrogen and oxygen atoms in total. The first-order chi connectivity index (χ1) is 9.19. The molecule has 5 heteroatoms. The van der Waals surface area contributed by atoms with Crippen molar-refractivity contribution in [2.45, 2.75) is 0 Å². The summed E-state index contributed by atoms with van der Waals surface area (Å²) in [5, 5.41) is 1.01. The Hall–Kier alpha value is -1.71. The highest BCUT2D eigenvalue weighted by atomic mass is 35.5. The summed E-state index contributed by atoms with van der Waals surface area (Å²) in [5.74, 6) is 1.24. The number of H-pyrrole nitrogens is 1. The highest BCUT2D eigenvalue weighted by molar-refractivity contribution is 6.36. The van der Waals surface area contributed by atoms with Crippen LogP contribution in [0.2, 0.25) is 10.0 Å². The van der Waals surface area contributed by atoms with E-state index in [4.69, 9.17) is 27.9 Å². The number of rotatable bonds is 2. The van der Waals surface area contributed by atoms with Gasteiger partial charge in [0.2, 0.25) is 0 Å². The van der Waals surface area contributed by atoms with E-state index in [-0.39, 0.29) is 0 Å². The predicted octanol–water partition coefficient (Wildman–Crippen LogP) is 4.55. The molecule has 0 spiro atoms. The molecular formula is C14H10Cl2N2O. The summed E-state index contributed by atoms with van der Waals surface area (Å²) in [5.41, 5.74) is 2.59. The molecule has 1 N–H and O–H groups in total. The van der Waals surface area contributed by atoms with Crippen molar-refractivity contribution < 1.29 is 4.74 Å². The maximum atomic E-state index is 6.13. The summed E-state index contributed by atoms with van der Waals surface area (Å²) in [6, 6.07) is 11.2. The van der Waals surface area contributed by atoms with E-state index in [2.05, 4.69) is 9.97 Å². The number of nitrogens with zero attached hydrogens (tertiary/aromatic N) is 1. The highest BCUT2D eigenvalue weighted by Gasteiger charge is 2.14. The van der Waals surface area contributed by atoms with Crippen molar-refractivity contribution in [2.75, 3.05) is 7.11 Å². The van der Waals surface area contributed by atoms with Gasteiger partial charge in [0.05, 0.1) is 28.7 Å². The number of halogens is 2. The first-order valence-electron chi connectivity index (χ1n) is 5.67. The average Bonchev–Trinajstić information content (AvgIpc) is 2.81. The minimum atomic E-state index is 0.463. The number of hydrogen-bond acceptors (Lipinski definition) is 2. The monoisotopic (exact) mass is 292 g/mol. The van der Waals surface area contributed by atoms with Gasteiger partial charge in [-0.15, -0.1) is 0 Å². The third-order valence-electron chi connectivity index (χ3n) is 2.86. The van der Waals surface area contributed by atoms with Gasteiger partial charge in [-0.3, -0.25) is 0 Å². The number of methoxy groups -OCH3 is 1. The Morgan fingerprint density at radius 3 is 2.68 bits per heavy atom. The van der Waals surface area contributed by atoms with Gasteiger partial charge in [0.1, 0.15) is 11.6 Å². The molecule has 0 aliphatic carbocycles. The molecule has 1 heterocycles. The minimum absolute atomic E-state index is 0.463. The van der Waals surface area contributed by atoms with Gasteiger partial charge in [-0.1, -0.05) is 35.3 Å². The molecule has 2 aromatic carbocycles. The Morgan fingerprint density at radius 2 is 1.95 bits per heavy atom. The zero-order valence-electron chi connectivity index (χ0n) is 10.1. The van der Waals surface area contributed by atoms with Crippen molar-refractivity contribution >= 4 is 34.2 Å². The molecule has 0 aliphatic heterocycles. The van der Waals surface area contributed by atoms with Gasteiger partial charge in [0.15, 0.2) is 0 Å². The van der Waals surface area contributed by atoms with Gasteiger partial charge in [-0.05, 0) is 24.3 Å². The van der Waals surface area contributed by atoms with Crippen LogP contribution in [0, 0.1) is 0 Å². The molecule has 0 bridgehead atoms. The number of nitrogens with one attached hydrogen (secondary N) is 1. The number of fused-ring (bicyclic) bond motifs is 1. The fourth-order valence-electron chi connectivity index (χ4n) is 2.02. The maximum absolute atomic E-state index is 6.13. The number of aromatic nitrogens is 2. The third-order valence-corrected chi connectivity index (χ3v) is 3.36. The molecule has 0 aliphatic rings. The van der Waals surface area contributed by atoms with Gasteiger partial charge in [-0.2, -0.15) is 0 Å². The zero-order valence-corrected chi connectivity index (χ0v) is 11.6. The number of ether oxygens (including phenoxy) is 1. The SMILES string of the molecule is COc1c(Cl)cc(Cl)cc1-c1nc2ccccc2[nH]1. The number of imidazole rings is 1. The second-order valence-corrected chi connectivity index (χ2v) is 4.91. The van der Waals surface area contributed by atoms with Gasteiger partial charge in [0.25, 0.3) is 0 Å². The standard InChI is InChI=1S/C14H10Cl2N2O/c1-19-13-9(6-8(15)7-10(13)16)14-17-11-4-2-3-5-12(11)18-14/h2-7H,1H3,(H,17,18). The second kappa shape index (κ2) is 4.76. The van der Waals surface area contributed by atoms with E-state index in [1.807, 2.05) is 24.3 Å². The average molecular weight is 293 g/mol. The highest BCUT2D eigenvalue weighted by Crippen LogP contribution is 2.38. The molecule has 3 aromatic rings. The van der Waals surface area contributed by atoms with Crippen molar-refractivity contribution in [3.05, 3.63) is 46.4 Å². The van der Waals surface area contributed by atoms with Crippen LogP contribution >= 0.6 is 23.2 Å². The lowest BCUT2D eigenvalue weighted by molar-refractivity contribution is 0.416. The third kappa shape index (κ3) is 2.15. The van der Waals surface area contributed by atoms with Gasteiger partial charge in [-0.25, -0.2) is 4.98 Å². The largest absolute Gasteiger partial charge is 0.494 e. The van der Waals surface area contributed by atoms with Crippen LogP contribution in [0.1, 0.15) is 0 Å². The summed E-state index contributed by atoms with van der Waals surface area (Å²) in [6.45, 7) is 0. The lowest BCUT2D eigenvalue weighted by atomic mass is 10.2. The predicted molar refractivity (Wildman–Crippen MR) is 78.1 cm³/mol. The van der Waals surface area contributed by atoms with Crippen LogP contribution in [-0.2, 0) is 0 Å². The summed E-state index contributed by atoms with van der Waals surface area (Å²) in [6.07, 6.45) is 0. The van der Waals surface area contributed by atoms with Crippen LogP contribution in [0.5, 0.6) is 5.75 Å². The number of hydrogen-bond donors (Lipinski definition) is 1. The quantitative estimate of drug-likeness (QED) is 0.753. The first kappa shape index (κ1) is 12.3.